The number of hydrogen-bond donors (Lipinski definition) is 1. The molecular weight excluding hydrogens is 306 g/mol. The second kappa shape index (κ2) is 6.20. The van der Waals surface area contributed by atoms with Gasteiger partial charge in [0.25, 0.3) is 5.91 Å². The fourth-order valence-corrected chi connectivity index (χ4v) is 2.66. The number of pyridine rings is 1. The van der Waals surface area contributed by atoms with Gasteiger partial charge in [-0.15, -0.1) is 0 Å². The first-order chi connectivity index (χ1) is 11.0. The third kappa shape index (κ3) is 3.23. The molecule has 0 radical (unpaired) electrons. The topological polar surface area (TPSA) is 62.4 Å². The highest BCUT2D eigenvalue weighted by Gasteiger charge is 2.24. The van der Waals surface area contributed by atoms with Gasteiger partial charge in [-0.25, -0.2) is 0 Å². The van der Waals surface area contributed by atoms with E-state index in [1.807, 2.05) is 0 Å². The Kier molecular flexibility index (Phi) is 4.10. The lowest BCUT2D eigenvalue weighted by molar-refractivity contribution is -0.0498. The Morgan fingerprint density at radius 2 is 2.09 bits per heavy atom. The SMILES string of the molecule is O=C(c1ccc(=O)[nH]c1)N1CCCc2cc(OC(F)F)ccc21. The Bertz CT molecular complexity index is 769. The molecule has 1 amide bonds. The molecule has 0 fully saturated rings. The number of aromatic nitrogens is 1. The van der Waals surface area contributed by atoms with Gasteiger partial charge in [0.1, 0.15) is 5.75 Å². The Balaban J connectivity index is 1.90. The summed E-state index contributed by atoms with van der Waals surface area (Å²) in [7, 11) is 0. The minimum atomic E-state index is -2.88. The van der Waals surface area contributed by atoms with E-state index in [-0.39, 0.29) is 17.2 Å². The molecule has 1 N–H and O–H groups in total. The number of fused-ring (bicyclic) bond motifs is 1. The smallest absolute Gasteiger partial charge is 0.387 e. The van der Waals surface area contributed by atoms with Gasteiger partial charge in [0.15, 0.2) is 0 Å². The molecule has 2 aromatic rings. The molecule has 1 aromatic heterocycles. The highest BCUT2D eigenvalue weighted by atomic mass is 19.3. The Morgan fingerprint density at radius 3 is 2.78 bits per heavy atom. The quantitative estimate of drug-likeness (QED) is 0.945. The molecule has 0 bridgehead atoms. The molecule has 1 aliphatic rings. The molecule has 1 aliphatic heterocycles. The van der Waals surface area contributed by atoms with Crippen LogP contribution in [0.2, 0.25) is 0 Å². The number of halogens is 2. The van der Waals surface area contributed by atoms with E-state index in [0.29, 0.717) is 24.2 Å². The average Bonchev–Trinajstić information content (AvgIpc) is 2.53. The molecule has 0 atom stereocenters. The lowest BCUT2D eigenvalue weighted by Crippen LogP contribution is -2.35. The molecule has 0 saturated heterocycles. The molecular formula is C16H14F2N2O3. The zero-order chi connectivity index (χ0) is 16.4. The number of H-pyrrole nitrogens is 1. The second-order valence-electron chi connectivity index (χ2n) is 5.17. The number of aryl methyl sites for hydroxylation is 1. The Hall–Kier alpha value is -2.70. The summed E-state index contributed by atoms with van der Waals surface area (Å²) in [5.74, 6) is -0.165. The molecule has 1 aromatic carbocycles. The van der Waals surface area contributed by atoms with Crippen LogP contribution in [0.15, 0.2) is 41.3 Å². The first-order valence-electron chi connectivity index (χ1n) is 7.13. The van der Waals surface area contributed by atoms with Crippen molar-refractivity contribution in [1.82, 2.24) is 4.98 Å². The van der Waals surface area contributed by atoms with E-state index in [0.717, 1.165) is 12.0 Å². The number of rotatable bonds is 3. The van der Waals surface area contributed by atoms with Crippen molar-refractivity contribution in [2.75, 3.05) is 11.4 Å². The molecule has 120 valence electrons. The van der Waals surface area contributed by atoms with Gasteiger partial charge in [0.05, 0.1) is 5.56 Å². The number of alkyl halides is 2. The number of carbonyl (C=O) groups excluding carboxylic acids is 1. The van der Waals surface area contributed by atoms with Gasteiger partial charge in [-0.1, -0.05) is 0 Å². The van der Waals surface area contributed by atoms with Crippen molar-refractivity contribution in [3.8, 4) is 5.75 Å². The number of benzene rings is 1. The summed E-state index contributed by atoms with van der Waals surface area (Å²) >= 11 is 0. The second-order valence-corrected chi connectivity index (χ2v) is 5.17. The highest BCUT2D eigenvalue weighted by Crippen LogP contribution is 2.32. The number of ether oxygens (including phenoxy) is 1. The van der Waals surface area contributed by atoms with Gasteiger partial charge in [-0.2, -0.15) is 8.78 Å². The molecule has 3 rings (SSSR count). The van der Waals surface area contributed by atoms with Crippen molar-refractivity contribution in [3.05, 3.63) is 58.0 Å². The first-order valence-corrected chi connectivity index (χ1v) is 7.13. The Labute approximate surface area is 130 Å². The number of hydrogen-bond acceptors (Lipinski definition) is 3. The predicted molar refractivity (Wildman–Crippen MR) is 80.1 cm³/mol. The molecule has 23 heavy (non-hydrogen) atoms. The van der Waals surface area contributed by atoms with Crippen LogP contribution in [-0.4, -0.2) is 24.0 Å². The Morgan fingerprint density at radius 1 is 1.26 bits per heavy atom. The molecule has 0 spiro atoms. The third-order valence-corrected chi connectivity index (χ3v) is 3.67. The minimum absolute atomic E-state index is 0.0806. The fourth-order valence-electron chi connectivity index (χ4n) is 2.66. The van der Waals surface area contributed by atoms with Crippen molar-refractivity contribution in [2.45, 2.75) is 19.5 Å². The summed E-state index contributed by atoms with van der Waals surface area (Å²) in [6, 6.07) is 7.31. The number of nitrogens with zero attached hydrogens (tertiary/aromatic N) is 1. The zero-order valence-corrected chi connectivity index (χ0v) is 12.1. The monoisotopic (exact) mass is 320 g/mol. The maximum atomic E-state index is 12.6. The van der Waals surface area contributed by atoms with E-state index >= 15 is 0 Å². The largest absolute Gasteiger partial charge is 0.435 e. The standard InChI is InChI=1S/C16H14F2N2O3/c17-16(18)23-12-4-5-13-10(8-12)2-1-7-20(13)15(22)11-3-6-14(21)19-9-11/h3-6,8-9,16H,1-2,7H2,(H,19,21). The maximum absolute atomic E-state index is 12.6. The molecule has 0 unspecified atom stereocenters. The number of anilines is 1. The van der Waals surface area contributed by atoms with Gasteiger partial charge in [-0.05, 0) is 42.7 Å². The molecule has 2 heterocycles. The van der Waals surface area contributed by atoms with Crippen LogP contribution < -0.4 is 15.2 Å². The van der Waals surface area contributed by atoms with Crippen LogP contribution in [0, 0.1) is 0 Å². The van der Waals surface area contributed by atoms with Gasteiger partial charge in [0.2, 0.25) is 5.56 Å². The van der Waals surface area contributed by atoms with Crippen molar-refractivity contribution in [2.24, 2.45) is 0 Å². The summed E-state index contributed by atoms with van der Waals surface area (Å²) in [6.45, 7) is -2.35. The van der Waals surface area contributed by atoms with Gasteiger partial charge in [0, 0.05) is 24.5 Å². The zero-order valence-electron chi connectivity index (χ0n) is 12.1. The average molecular weight is 320 g/mol. The lowest BCUT2D eigenvalue weighted by atomic mass is 10.0. The molecule has 0 aliphatic carbocycles. The van der Waals surface area contributed by atoms with Gasteiger partial charge < -0.3 is 14.6 Å². The van der Waals surface area contributed by atoms with E-state index in [1.54, 1.807) is 11.0 Å². The number of carbonyl (C=O) groups is 1. The van der Waals surface area contributed by atoms with Gasteiger partial charge >= 0.3 is 6.61 Å². The highest BCUT2D eigenvalue weighted by molar-refractivity contribution is 6.06. The summed E-state index contributed by atoms with van der Waals surface area (Å²) in [6.07, 6.45) is 2.78. The van der Waals surface area contributed by atoms with E-state index in [9.17, 15) is 18.4 Å². The van der Waals surface area contributed by atoms with E-state index in [4.69, 9.17) is 0 Å². The number of nitrogens with one attached hydrogen (secondary N) is 1. The molecule has 5 nitrogen and oxygen atoms in total. The molecule has 0 saturated carbocycles. The van der Waals surface area contributed by atoms with Crippen LogP contribution in [0.5, 0.6) is 5.75 Å². The van der Waals surface area contributed by atoms with Crippen molar-refractivity contribution < 1.29 is 18.3 Å². The predicted octanol–water partition coefficient (Wildman–Crippen LogP) is 2.57. The third-order valence-electron chi connectivity index (χ3n) is 3.67. The first kappa shape index (κ1) is 15.2. The van der Waals surface area contributed by atoms with Crippen molar-refractivity contribution in [1.29, 1.82) is 0 Å². The summed E-state index contributed by atoms with van der Waals surface area (Å²) in [4.78, 5) is 27.7. The fraction of sp³-hybridized carbons (Fsp3) is 0.250. The minimum Gasteiger partial charge on any atom is -0.435 e. The van der Waals surface area contributed by atoms with E-state index in [2.05, 4.69) is 9.72 Å². The normalized spacial score (nSPS) is 13.8. The van der Waals surface area contributed by atoms with E-state index in [1.165, 1.54) is 30.5 Å². The lowest BCUT2D eigenvalue weighted by Gasteiger charge is -2.29. The van der Waals surface area contributed by atoms with Crippen LogP contribution in [0.25, 0.3) is 0 Å². The summed E-state index contributed by atoms with van der Waals surface area (Å²) in [5.41, 5.74) is 1.54. The van der Waals surface area contributed by atoms with Crippen molar-refractivity contribution >= 4 is 11.6 Å². The van der Waals surface area contributed by atoms with Crippen LogP contribution in [-0.2, 0) is 6.42 Å². The van der Waals surface area contributed by atoms with Crippen LogP contribution in [0.4, 0.5) is 14.5 Å². The maximum Gasteiger partial charge on any atom is 0.387 e. The van der Waals surface area contributed by atoms with Crippen LogP contribution >= 0.6 is 0 Å². The number of aromatic amines is 1. The molecule has 7 heteroatoms. The summed E-state index contributed by atoms with van der Waals surface area (Å²) < 4.78 is 29.0. The number of amides is 1. The van der Waals surface area contributed by atoms with Crippen LogP contribution in [0.1, 0.15) is 22.3 Å². The van der Waals surface area contributed by atoms with Crippen LogP contribution in [0.3, 0.4) is 0 Å². The van der Waals surface area contributed by atoms with E-state index < -0.39 is 6.61 Å². The van der Waals surface area contributed by atoms with Gasteiger partial charge in [-0.3, -0.25) is 9.59 Å². The van der Waals surface area contributed by atoms with Crippen molar-refractivity contribution in [3.63, 3.8) is 0 Å². The summed E-state index contributed by atoms with van der Waals surface area (Å²) in [5, 5.41) is 0.